The summed E-state index contributed by atoms with van der Waals surface area (Å²) in [5, 5.41) is 12.4. The van der Waals surface area contributed by atoms with Gasteiger partial charge in [-0.1, -0.05) is 36.4 Å². The molecule has 2 N–H and O–H groups in total. The first-order valence-corrected chi connectivity index (χ1v) is 14.2. The van der Waals surface area contributed by atoms with E-state index in [4.69, 9.17) is 9.47 Å². The van der Waals surface area contributed by atoms with Gasteiger partial charge in [0.05, 0.1) is 24.4 Å². The summed E-state index contributed by atoms with van der Waals surface area (Å²) >= 11 is 0. The van der Waals surface area contributed by atoms with Crippen molar-refractivity contribution in [3.8, 4) is 0 Å². The molecule has 0 radical (unpaired) electrons. The molecule has 2 aliphatic heterocycles. The molecule has 2 fully saturated rings. The number of nitrogens with zero attached hydrogens (tertiary/aromatic N) is 5. The van der Waals surface area contributed by atoms with E-state index < -0.39 is 6.29 Å². The molecule has 4 aromatic rings. The molecule has 0 bridgehead atoms. The number of pyridine rings is 1. The van der Waals surface area contributed by atoms with Crippen LogP contribution in [0.1, 0.15) is 45.9 Å². The third-order valence-corrected chi connectivity index (χ3v) is 7.65. The molecule has 0 spiro atoms. The number of carbonyl (C=O) groups excluding carboxylic acids is 1. The second kappa shape index (κ2) is 13.2. The van der Waals surface area contributed by atoms with E-state index in [9.17, 15) is 9.90 Å². The predicted molar refractivity (Wildman–Crippen MR) is 158 cm³/mol. The lowest BCUT2D eigenvalue weighted by molar-refractivity contribution is -0.253. The summed E-state index contributed by atoms with van der Waals surface area (Å²) in [6.07, 6.45) is 6.68. The molecule has 216 valence electrons. The molecule has 4 heterocycles. The van der Waals surface area contributed by atoms with Crippen molar-refractivity contribution in [3.05, 3.63) is 114 Å². The lowest BCUT2D eigenvalue weighted by atomic mass is 9.99. The predicted octanol–water partition coefficient (Wildman–Crippen LogP) is 3.98. The van der Waals surface area contributed by atoms with E-state index in [1.165, 1.54) is 6.20 Å². The van der Waals surface area contributed by atoms with Crippen LogP contribution in [0.15, 0.2) is 91.5 Å². The lowest BCUT2D eigenvalue weighted by Gasteiger charge is -2.40. The summed E-state index contributed by atoms with van der Waals surface area (Å²) in [6.45, 7) is 4.29. The van der Waals surface area contributed by atoms with E-state index >= 15 is 0 Å². The van der Waals surface area contributed by atoms with E-state index in [0.717, 1.165) is 61.8 Å². The number of carbonyl (C=O) groups is 1. The van der Waals surface area contributed by atoms with Crippen LogP contribution >= 0.6 is 0 Å². The summed E-state index contributed by atoms with van der Waals surface area (Å²) in [5.41, 5.74) is 3.97. The standard InChI is InChI=1S/C32H34N6O4/c39-22-23-4-6-24(7-5-23)29-19-28(21-37-15-17-38(18-16-37)32-34-13-2-14-35-32)41-31(42-29)25-8-10-27(11-9-25)36-30(40)26-3-1-12-33-20-26/h1-14,20,28-29,31,39H,15-19,21-22H2,(H,36,40)/t28-,29+,31+/m1/s1. The lowest BCUT2D eigenvalue weighted by Crippen LogP contribution is -2.50. The van der Waals surface area contributed by atoms with Crippen molar-refractivity contribution in [3.63, 3.8) is 0 Å². The fourth-order valence-corrected chi connectivity index (χ4v) is 5.33. The van der Waals surface area contributed by atoms with Crippen molar-refractivity contribution in [2.75, 3.05) is 42.9 Å². The Bertz CT molecular complexity index is 1430. The third kappa shape index (κ3) is 6.80. The Balaban J connectivity index is 1.14. The van der Waals surface area contributed by atoms with Crippen LogP contribution in [0.25, 0.3) is 0 Å². The number of benzene rings is 2. The number of hydrogen-bond acceptors (Lipinski definition) is 9. The second-order valence-electron chi connectivity index (χ2n) is 10.5. The van der Waals surface area contributed by atoms with Gasteiger partial charge in [0.25, 0.3) is 5.91 Å². The minimum atomic E-state index is -0.562. The fourth-order valence-electron chi connectivity index (χ4n) is 5.33. The molecule has 0 unspecified atom stereocenters. The van der Waals surface area contributed by atoms with Crippen molar-refractivity contribution in [1.82, 2.24) is 19.9 Å². The summed E-state index contributed by atoms with van der Waals surface area (Å²) < 4.78 is 13.0. The van der Waals surface area contributed by atoms with Gasteiger partial charge in [-0.3, -0.25) is 14.7 Å². The number of hydrogen-bond donors (Lipinski definition) is 2. The highest BCUT2D eigenvalue weighted by atomic mass is 16.7. The van der Waals surface area contributed by atoms with E-state index in [0.29, 0.717) is 11.3 Å². The summed E-state index contributed by atoms with van der Waals surface area (Å²) in [4.78, 5) is 30.0. The average molecular weight is 567 g/mol. The van der Waals surface area contributed by atoms with Crippen LogP contribution in [0.5, 0.6) is 0 Å². The van der Waals surface area contributed by atoms with Gasteiger partial charge in [0.2, 0.25) is 5.95 Å². The minimum Gasteiger partial charge on any atom is -0.392 e. The number of ether oxygens (including phenoxy) is 2. The zero-order valence-electron chi connectivity index (χ0n) is 23.3. The SMILES string of the molecule is O=C(Nc1ccc([C@H]2O[C@@H](CN3CCN(c4ncccn4)CC3)C[C@@H](c3ccc(CO)cc3)O2)cc1)c1cccnc1. The highest BCUT2D eigenvalue weighted by Crippen LogP contribution is 2.38. The van der Waals surface area contributed by atoms with Gasteiger partial charge in [0.15, 0.2) is 6.29 Å². The zero-order valence-corrected chi connectivity index (χ0v) is 23.3. The number of amides is 1. The van der Waals surface area contributed by atoms with Gasteiger partial charge in [-0.05, 0) is 41.5 Å². The Hall–Kier alpha value is -4.22. The Kier molecular flexibility index (Phi) is 8.76. The second-order valence-corrected chi connectivity index (χ2v) is 10.5. The molecule has 0 aliphatic carbocycles. The number of aromatic nitrogens is 3. The first-order valence-electron chi connectivity index (χ1n) is 14.2. The molecular weight excluding hydrogens is 532 g/mol. The highest BCUT2D eigenvalue weighted by Gasteiger charge is 2.34. The normalized spacial score (nSPS) is 21.2. The van der Waals surface area contributed by atoms with Gasteiger partial charge in [-0.2, -0.15) is 0 Å². The van der Waals surface area contributed by atoms with Crippen molar-refractivity contribution in [2.45, 2.75) is 31.5 Å². The number of rotatable bonds is 8. The van der Waals surface area contributed by atoms with Crippen LogP contribution in [0.4, 0.5) is 11.6 Å². The van der Waals surface area contributed by atoms with Gasteiger partial charge >= 0.3 is 0 Å². The first kappa shape index (κ1) is 27.9. The Morgan fingerprint density at radius 3 is 2.31 bits per heavy atom. The van der Waals surface area contributed by atoms with Crippen LogP contribution in [0, 0.1) is 0 Å². The van der Waals surface area contributed by atoms with Gasteiger partial charge < -0.3 is 24.8 Å². The average Bonchev–Trinajstić information content (AvgIpc) is 3.06. The van der Waals surface area contributed by atoms with E-state index in [1.807, 2.05) is 54.6 Å². The molecule has 10 heteroatoms. The zero-order chi connectivity index (χ0) is 28.7. The van der Waals surface area contributed by atoms with E-state index in [2.05, 4.69) is 30.1 Å². The van der Waals surface area contributed by atoms with Gasteiger partial charge in [0.1, 0.15) is 0 Å². The van der Waals surface area contributed by atoms with Gasteiger partial charge in [-0.25, -0.2) is 9.97 Å². The molecule has 2 aromatic carbocycles. The number of piperazine rings is 1. The van der Waals surface area contributed by atoms with Crippen LogP contribution in [0.3, 0.4) is 0 Å². The topological polar surface area (TPSA) is 113 Å². The first-order chi connectivity index (χ1) is 20.6. The summed E-state index contributed by atoms with van der Waals surface area (Å²) in [6, 6.07) is 20.8. The molecule has 2 saturated heterocycles. The Morgan fingerprint density at radius 2 is 1.62 bits per heavy atom. The number of nitrogens with one attached hydrogen (secondary N) is 1. The Morgan fingerprint density at radius 1 is 0.881 bits per heavy atom. The van der Waals surface area contributed by atoms with Gasteiger partial charge in [0, 0.05) is 75.2 Å². The van der Waals surface area contributed by atoms with Crippen LogP contribution in [0.2, 0.25) is 0 Å². The van der Waals surface area contributed by atoms with E-state index in [-0.39, 0.29) is 24.7 Å². The van der Waals surface area contributed by atoms with Crippen molar-refractivity contribution >= 4 is 17.5 Å². The molecule has 6 rings (SSSR count). The fraction of sp³-hybridized carbons (Fsp3) is 0.312. The number of aliphatic hydroxyl groups is 1. The largest absolute Gasteiger partial charge is 0.392 e. The maximum Gasteiger partial charge on any atom is 0.257 e. The monoisotopic (exact) mass is 566 g/mol. The van der Waals surface area contributed by atoms with Crippen LogP contribution in [-0.4, -0.2) is 69.7 Å². The van der Waals surface area contributed by atoms with E-state index in [1.54, 1.807) is 30.7 Å². The summed E-state index contributed by atoms with van der Waals surface area (Å²) in [7, 11) is 0. The molecule has 3 atom stereocenters. The van der Waals surface area contributed by atoms with Crippen LogP contribution < -0.4 is 10.2 Å². The van der Waals surface area contributed by atoms with Crippen molar-refractivity contribution in [2.24, 2.45) is 0 Å². The molecule has 2 aliphatic rings. The molecular formula is C32H34N6O4. The maximum absolute atomic E-state index is 12.5. The van der Waals surface area contributed by atoms with Crippen molar-refractivity contribution in [1.29, 1.82) is 0 Å². The smallest absolute Gasteiger partial charge is 0.257 e. The summed E-state index contributed by atoms with van der Waals surface area (Å²) in [5.74, 6) is 0.553. The molecule has 0 saturated carbocycles. The molecule has 42 heavy (non-hydrogen) atoms. The quantitative estimate of drug-likeness (QED) is 0.327. The molecule has 2 aromatic heterocycles. The highest BCUT2D eigenvalue weighted by molar-refractivity contribution is 6.04. The van der Waals surface area contributed by atoms with Gasteiger partial charge in [-0.15, -0.1) is 0 Å². The maximum atomic E-state index is 12.5. The molecule has 10 nitrogen and oxygen atoms in total. The number of anilines is 2. The minimum absolute atomic E-state index is 0.00381. The molecule has 1 amide bonds. The number of aliphatic hydroxyl groups excluding tert-OH is 1. The van der Waals surface area contributed by atoms with Crippen LogP contribution in [-0.2, 0) is 16.1 Å². The third-order valence-electron chi connectivity index (χ3n) is 7.65. The Labute approximate surface area is 245 Å². The van der Waals surface area contributed by atoms with Crippen molar-refractivity contribution < 1.29 is 19.4 Å².